The van der Waals surface area contributed by atoms with Crippen molar-refractivity contribution in [2.75, 3.05) is 0 Å². The van der Waals surface area contributed by atoms with Crippen molar-refractivity contribution in [1.82, 2.24) is 5.32 Å². The molecule has 0 saturated heterocycles. The Hall–Kier alpha value is -1.38. The number of amides is 1. The molecule has 1 rings (SSSR count). The Morgan fingerprint density at radius 2 is 2.06 bits per heavy atom. The van der Waals surface area contributed by atoms with E-state index in [1.165, 1.54) is 12.1 Å². The molecule has 5 N–H and O–H groups in total. The van der Waals surface area contributed by atoms with Gasteiger partial charge in [-0.05, 0) is 26.0 Å². The van der Waals surface area contributed by atoms with Crippen LogP contribution in [0.3, 0.4) is 0 Å². The third-order valence-corrected chi connectivity index (χ3v) is 3.06. The minimum atomic E-state index is -3.82. The van der Waals surface area contributed by atoms with Gasteiger partial charge in [-0.15, -0.1) is 0 Å². The molecule has 0 spiro atoms. The van der Waals surface area contributed by atoms with Gasteiger partial charge in [-0.25, -0.2) is 13.6 Å². The van der Waals surface area contributed by atoms with E-state index in [0.717, 1.165) is 0 Å². The van der Waals surface area contributed by atoms with E-state index in [1.807, 2.05) is 0 Å². The van der Waals surface area contributed by atoms with Crippen molar-refractivity contribution >= 4 is 15.9 Å². The average Bonchev–Trinajstić information content (AvgIpc) is 2.60. The molecule has 0 unspecified atom stereocenters. The maximum atomic E-state index is 11.0. The molecular weight excluding hydrogens is 258 g/mol. The highest BCUT2D eigenvalue weighted by molar-refractivity contribution is 7.89. The van der Waals surface area contributed by atoms with E-state index in [2.05, 4.69) is 5.32 Å². The van der Waals surface area contributed by atoms with Crippen molar-refractivity contribution in [2.45, 2.75) is 37.4 Å². The van der Waals surface area contributed by atoms with E-state index in [0.29, 0.717) is 5.76 Å². The summed E-state index contributed by atoms with van der Waals surface area (Å²) in [5.74, 6) is -0.00580. The Labute approximate surface area is 106 Å². The molecule has 102 valence electrons. The minimum absolute atomic E-state index is 0.162. The van der Waals surface area contributed by atoms with Gasteiger partial charge in [-0.2, -0.15) is 0 Å². The summed E-state index contributed by atoms with van der Waals surface area (Å²) in [5.41, 5.74) is 4.61. The number of sulfonamides is 1. The van der Waals surface area contributed by atoms with Crippen LogP contribution in [0.1, 0.15) is 26.0 Å². The summed E-state index contributed by atoms with van der Waals surface area (Å²) in [4.78, 5) is 10.8. The molecule has 0 aliphatic carbocycles. The van der Waals surface area contributed by atoms with Crippen LogP contribution in [0.15, 0.2) is 21.6 Å². The van der Waals surface area contributed by atoms with E-state index in [4.69, 9.17) is 15.3 Å². The highest BCUT2D eigenvalue weighted by Crippen LogP contribution is 2.14. The molecular formula is C10H17N3O4S. The van der Waals surface area contributed by atoms with Gasteiger partial charge in [0.1, 0.15) is 5.76 Å². The Balaban J connectivity index is 2.64. The minimum Gasteiger partial charge on any atom is -0.447 e. The van der Waals surface area contributed by atoms with Crippen LogP contribution < -0.4 is 16.2 Å². The van der Waals surface area contributed by atoms with Gasteiger partial charge in [0.2, 0.25) is 11.0 Å². The van der Waals surface area contributed by atoms with Gasteiger partial charge < -0.3 is 15.5 Å². The van der Waals surface area contributed by atoms with Crippen LogP contribution in [0.4, 0.5) is 0 Å². The molecule has 0 saturated carbocycles. The first kappa shape index (κ1) is 14.7. The third-order valence-electron chi connectivity index (χ3n) is 2.27. The average molecular weight is 275 g/mol. The summed E-state index contributed by atoms with van der Waals surface area (Å²) < 4.78 is 27.0. The Morgan fingerprint density at radius 1 is 1.44 bits per heavy atom. The zero-order chi connectivity index (χ0) is 14.0. The summed E-state index contributed by atoms with van der Waals surface area (Å²) >= 11 is 0. The molecule has 1 amide bonds. The standard InChI is InChI=1S/C10H17N3O4S/c1-10(2,5-8(11)14)13-6-7-3-4-9(17-7)18(12,15)16/h3-4,13H,5-6H2,1-2H3,(H2,11,14)(H2,12,15,16). The summed E-state index contributed by atoms with van der Waals surface area (Å²) in [6.07, 6.45) is 0.162. The monoisotopic (exact) mass is 275 g/mol. The topological polar surface area (TPSA) is 128 Å². The van der Waals surface area contributed by atoms with Gasteiger partial charge >= 0.3 is 0 Å². The molecule has 1 aromatic heterocycles. The number of primary amides is 1. The third kappa shape index (κ3) is 4.47. The van der Waals surface area contributed by atoms with Gasteiger partial charge in [0.05, 0.1) is 6.54 Å². The number of furan rings is 1. The molecule has 0 radical (unpaired) electrons. The summed E-state index contributed by atoms with van der Waals surface area (Å²) in [6, 6.07) is 2.79. The maximum Gasteiger partial charge on any atom is 0.271 e. The van der Waals surface area contributed by atoms with Crippen LogP contribution in [0.5, 0.6) is 0 Å². The molecule has 18 heavy (non-hydrogen) atoms. The first-order valence-electron chi connectivity index (χ1n) is 5.25. The van der Waals surface area contributed by atoms with Crippen molar-refractivity contribution in [2.24, 2.45) is 10.9 Å². The van der Waals surface area contributed by atoms with E-state index in [1.54, 1.807) is 13.8 Å². The van der Waals surface area contributed by atoms with Gasteiger partial charge in [0.25, 0.3) is 10.0 Å². The lowest BCUT2D eigenvalue weighted by molar-refractivity contribution is -0.119. The van der Waals surface area contributed by atoms with Gasteiger partial charge in [-0.3, -0.25) is 4.79 Å². The number of carbonyl (C=O) groups excluding carboxylic acids is 1. The van der Waals surface area contributed by atoms with Crippen LogP contribution in [0, 0.1) is 0 Å². The van der Waals surface area contributed by atoms with Gasteiger partial charge in [-0.1, -0.05) is 0 Å². The van der Waals surface area contributed by atoms with Crippen molar-refractivity contribution in [3.05, 3.63) is 17.9 Å². The van der Waals surface area contributed by atoms with E-state index in [-0.39, 0.29) is 18.1 Å². The van der Waals surface area contributed by atoms with Crippen molar-refractivity contribution in [1.29, 1.82) is 0 Å². The van der Waals surface area contributed by atoms with E-state index < -0.39 is 21.5 Å². The van der Waals surface area contributed by atoms with Crippen LogP contribution in [-0.4, -0.2) is 19.9 Å². The normalized spacial score (nSPS) is 12.6. The molecule has 8 heteroatoms. The lowest BCUT2D eigenvalue weighted by Gasteiger charge is -2.24. The Kier molecular flexibility index (Phi) is 4.15. The molecule has 7 nitrogen and oxygen atoms in total. The summed E-state index contributed by atoms with van der Waals surface area (Å²) in [7, 11) is -3.82. The Bertz CT molecular complexity index is 533. The lowest BCUT2D eigenvalue weighted by Crippen LogP contribution is -2.42. The number of hydrogen-bond donors (Lipinski definition) is 3. The predicted octanol–water partition coefficient (Wildman–Crippen LogP) is -0.329. The molecule has 1 heterocycles. The number of rotatable bonds is 6. The number of hydrogen-bond acceptors (Lipinski definition) is 5. The largest absolute Gasteiger partial charge is 0.447 e. The van der Waals surface area contributed by atoms with Crippen LogP contribution in [0.25, 0.3) is 0 Å². The molecule has 0 atom stereocenters. The molecule has 0 aliphatic heterocycles. The fourth-order valence-corrected chi connectivity index (χ4v) is 1.91. The lowest BCUT2D eigenvalue weighted by atomic mass is 10.0. The number of nitrogens with two attached hydrogens (primary N) is 2. The molecule has 0 bridgehead atoms. The fraction of sp³-hybridized carbons (Fsp3) is 0.500. The summed E-state index contributed by atoms with van der Waals surface area (Å²) in [6.45, 7) is 3.89. The van der Waals surface area contributed by atoms with Crippen molar-refractivity contribution in [3.8, 4) is 0 Å². The zero-order valence-corrected chi connectivity index (χ0v) is 11.1. The molecule has 1 aromatic rings. The number of nitrogens with one attached hydrogen (secondary N) is 1. The highest BCUT2D eigenvalue weighted by Gasteiger charge is 2.21. The van der Waals surface area contributed by atoms with Crippen LogP contribution in [0.2, 0.25) is 0 Å². The van der Waals surface area contributed by atoms with E-state index in [9.17, 15) is 13.2 Å². The smallest absolute Gasteiger partial charge is 0.271 e. The van der Waals surface area contributed by atoms with Crippen molar-refractivity contribution < 1.29 is 17.6 Å². The second-order valence-corrected chi connectivity index (χ2v) is 6.14. The predicted molar refractivity (Wildman–Crippen MR) is 64.8 cm³/mol. The fourth-order valence-electron chi connectivity index (χ4n) is 1.43. The molecule has 0 aromatic carbocycles. The first-order chi connectivity index (χ1) is 8.10. The summed E-state index contributed by atoms with van der Waals surface area (Å²) in [5, 5.41) is 7.67. The van der Waals surface area contributed by atoms with Gasteiger partial charge in [0, 0.05) is 12.0 Å². The Morgan fingerprint density at radius 3 is 2.50 bits per heavy atom. The zero-order valence-electron chi connectivity index (χ0n) is 10.3. The number of carbonyl (C=O) groups is 1. The quantitative estimate of drug-likeness (QED) is 0.654. The van der Waals surface area contributed by atoms with Gasteiger partial charge in [0.15, 0.2) is 0 Å². The highest BCUT2D eigenvalue weighted by atomic mass is 32.2. The number of primary sulfonamides is 1. The maximum absolute atomic E-state index is 11.0. The first-order valence-corrected chi connectivity index (χ1v) is 6.80. The van der Waals surface area contributed by atoms with E-state index >= 15 is 0 Å². The molecule has 0 aliphatic rings. The van der Waals surface area contributed by atoms with Crippen LogP contribution in [-0.2, 0) is 21.4 Å². The van der Waals surface area contributed by atoms with Crippen molar-refractivity contribution in [3.63, 3.8) is 0 Å². The van der Waals surface area contributed by atoms with Crippen LogP contribution >= 0.6 is 0 Å². The second-order valence-electron chi connectivity index (χ2n) is 4.65. The second kappa shape index (κ2) is 5.09. The molecule has 0 fully saturated rings. The SMILES string of the molecule is CC(C)(CC(N)=O)NCc1ccc(S(N)(=O)=O)o1.